The zero-order valence-electron chi connectivity index (χ0n) is 9.58. The first-order valence-corrected chi connectivity index (χ1v) is 5.23. The summed E-state index contributed by atoms with van der Waals surface area (Å²) in [5.41, 5.74) is 1.59. The van der Waals surface area contributed by atoms with Crippen molar-refractivity contribution in [1.29, 1.82) is 0 Å². The number of fused-ring (bicyclic) bond motifs is 1. The molecule has 1 heterocycles. The maximum atomic E-state index is 13.1. The van der Waals surface area contributed by atoms with E-state index < -0.39 is 0 Å². The summed E-state index contributed by atoms with van der Waals surface area (Å²) in [7, 11) is 1.86. The molecule has 4 heteroatoms. The van der Waals surface area contributed by atoms with Crippen LogP contribution in [0.25, 0.3) is 10.9 Å². The average Bonchev–Trinajstić information content (AvgIpc) is 2.28. The smallest absolute Gasteiger partial charge is 0.145 e. The molecule has 3 nitrogen and oxygen atoms in total. The summed E-state index contributed by atoms with van der Waals surface area (Å²) in [5.74, 6) is 0.479. The van der Waals surface area contributed by atoms with E-state index in [1.54, 1.807) is 6.07 Å². The summed E-state index contributed by atoms with van der Waals surface area (Å²) < 4.78 is 13.1. The summed E-state index contributed by atoms with van der Waals surface area (Å²) in [6.07, 6.45) is 0. The number of rotatable bonds is 2. The van der Waals surface area contributed by atoms with Crippen molar-refractivity contribution in [2.45, 2.75) is 19.9 Å². The molecular weight excluding hydrogens is 205 g/mol. The Labute approximate surface area is 93.7 Å². The lowest BCUT2D eigenvalue weighted by molar-refractivity contribution is 0.610. The second kappa shape index (κ2) is 4.14. The lowest BCUT2D eigenvalue weighted by Crippen LogP contribution is -2.16. The Morgan fingerprint density at radius 2 is 2.06 bits per heavy atom. The molecule has 1 aromatic heterocycles. The van der Waals surface area contributed by atoms with Crippen LogP contribution in [0.2, 0.25) is 0 Å². The van der Waals surface area contributed by atoms with Crippen molar-refractivity contribution in [1.82, 2.24) is 15.3 Å². The maximum Gasteiger partial charge on any atom is 0.145 e. The molecule has 0 saturated heterocycles. The minimum atomic E-state index is -0.256. The summed E-state index contributed by atoms with van der Waals surface area (Å²) in [6, 6.07) is 4.67. The third-order valence-electron chi connectivity index (χ3n) is 2.69. The van der Waals surface area contributed by atoms with E-state index in [1.807, 2.05) is 20.9 Å². The molecule has 0 amide bonds. The molecule has 1 aromatic carbocycles. The quantitative estimate of drug-likeness (QED) is 0.842. The van der Waals surface area contributed by atoms with Gasteiger partial charge in [0.25, 0.3) is 0 Å². The van der Waals surface area contributed by atoms with Gasteiger partial charge in [0.05, 0.1) is 11.6 Å². The number of nitrogens with one attached hydrogen (secondary N) is 1. The molecule has 1 N–H and O–H groups in total. The molecule has 0 spiro atoms. The van der Waals surface area contributed by atoms with Crippen LogP contribution < -0.4 is 5.32 Å². The van der Waals surface area contributed by atoms with Gasteiger partial charge in [-0.3, -0.25) is 0 Å². The van der Waals surface area contributed by atoms with E-state index in [0.29, 0.717) is 0 Å². The van der Waals surface area contributed by atoms with Gasteiger partial charge >= 0.3 is 0 Å². The van der Waals surface area contributed by atoms with E-state index in [9.17, 15) is 4.39 Å². The Morgan fingerprint density at radius 3 is 2.75 bits per heavy atom. The van der Waals surface area contributed by atoms with Gasteiger partial charge in [-0.25, -0.2) is 14.4 Å². The molecule has 2 rings (SSSR count). The predicted molar refractivity (Wildman–Crippen MR) is 61.7 cm³/mol. The van der Waals surface area contributed by atoms with Gasteiger partial charge in [-0.1, -0.05) is 0 Å². The molecule has 0 fully saturated rings. The lowest BCUT2D eigenvalue weighted by atomic mass is 10.2. The number of halogens is 1. The molecule has 0 aliphatic heterocycles. The number of hydrogen-bond acceptors (Lipinski definition) is 3. The van der Waals surface area contributed by atoms with Crippen LogP contribution >= 0.6 is 0 Å². The summed E-state index contributed by atoms with van der Waals surface area (Å²) in [5, 5.41) is 3.86. The Kier molecular flexibility index (Phi) is 2.83. The molecule has 0 aliphatic rings. The Hall–Kier alpha value is -1.55. The minimum absolute atomic E-state index is 0.0909. The van der Waals surface area contributed by atoms with Crippen molar-refractivity contribution >= 4 is 10.9 Å². The van der Waals surface area contributed by atoms with E-state index in [4.69, 9.17) is 0 Å². The fraction of sp³-hybridized carbons (Fsp3) is 0.333. The molecular formula is C12H14FN3. The van der Waals surface area contributed by atoms with Crippen LogP contribution in [-0.2, 0) is 0 Å². The molecule has 2 aromatic rings. The summed E-state index contributed by atoms with van der Waals surface area (Å²) in [4.78, 5) is 8.78. The topological polar surface area (TPSA) is 37.8 Å². The van der Waals surface area contributed by atoms with E-state index in [2.05, 4.69) is 15.3 Å². The zero-order valence-corrected chi connectivity index (χ0v) is 9.58. The summed E-state index contributed by atoms with van der Waals surface area (Å²) >= 11 is 0. The first-order valence-electron chi connectivity index (χ1n) is 5.23. The van der Waals surface area contributed by atoms with Gasteiger partial charge < -0.3 is 5.32 Å². The van der Waals surface area contributed by atoms with Crippen LogP contribution in [0.3, 0.4) is 0 Å². The van der Waals surface area contributed by atoms with Crippen molar-refractivity contribution in [2.75, 3.05) is 7.05 Å². The highest BCUT2D eigenvalue weighted by atomic mass is 19.1. The van der Waals surface area contributed by atoms with Gasteiger partial charge in [-0.15, -0.1) is 0 Å². The van der Waals surface area contributed by atoms with Gasteiger partial charge in [0.2, 0.25) is 0 Å². The highest BCUT2D eigenvalue weighted by Crippen LogP contribution is 2.18. The van der Waals surface area contributed by atoms with Crippen LogP contribution in [0.4, 0.5) is 4.39 Å². The Bertz CT molecular complexity index is 525. The number of aryl methyl sites for hydroxylation is 1. The van der Waals surface area contributed by atoms with Crippen LogP contribution in [0.5, 0.6) is 0 Å². The van der Waals surface area contributed by atoms with E-state index in [0.717, 1.165) is 22.4 Å². The van der Waals surface area contributed by atoms with Crippen molar-refractivity contribution < 1.29 is 4.39 Å². The fourth-order valence-corrected chi connectivity index (χ4v) is 1.60. The maximum absolute atomic E-state index is 13.1. The Morgan fingerprint density at radius 1 is 1.31 bits per heavy atom. The molecule has 1 atom stereocenters. The largest absolute Gasteiger partial charge is 0.311 e. The van der Waals surface area contributed by atoms with Crippen molar-refractivity contribution in [3.63, 3.8) is 0 Å². The SMILES string of the molecule is CNC(C)c1nc(C)c2cc(F)ccc2n1. The van der Waals surface area contributed by atoms with Gasteiger partial charge in [0.1, 0.15) is 11.6 Å². The van der Waals surface area contributed by atoms with Gasteiger partial charge in [0, 0.05) is 11.1 Å². The molecule has 84 valence electrons. The van der Waals surface area contributed by atoms with E-state index in [1.165, 1.54) is 12.1 Å². The normalized spacial score (nSPS) is 13.0. The standard InChI is InChI=1S/C12H14FN3/c1-7-10-6-9(13)4-5-11(10)16-12(15-7)8(2)14-3/h4-6,8,14H,1-3H3. The van der Waals surface area contributed by atoms with Crippen molar-refractivity contribution in [3.05, 3.63) is 35.5 Å². The zero-order chi connectivity index (χ0) is 11.7. The highest BCUT2D eigenvalue weighted by molar-refractivity contribution is 5.80. The number of nitrogens with zero attached hydrogens (tertiary/aromatic N) is 2. The number of hydrogen-bond donors (Lipinski definition) is 1. The molecule has 0 saturated carbocycles. The molecule has 16 heavy (non-hydrogen) atoms. The Balaban J connectivity index is 2.63. The van der Waals surface area contributed by atoms with Crippen molar-refractivity contribution in [3.8, 4) is 0 Å². The van der Waals surface area contributed by atoms with Crippen LogP contribution in [0.1, 0.15) is 24.5 Å². The monoisotopic (exact) mass is 219 g/mol. The third-order valence-corrected chi connectivity index (χ3v) is 2.69. The van der Waals surface area contributed by atoms with Gasteiger partial charge in [-0.05, 0) is 39.1 Å². The van der Waals surface area contributed by atoms with Crippen LogP contribution in [0, 0.1) is 12.7 Å². The van der Waals surface area contributed by atoms with E-state index >= 15 is 0 Å². The van der Waals surface area contributed by atoms with E-state index in [-0.39, 0.29) is 11.9 Å². The van der Waals surface area contributed by atoms with Gasteiger partial charge in [0.15, 0.2) is 0 Å². The fourth-order valence-electron chi connectivity index (χ4n) is 1.60. The molecule has 0 aliphatic carbocycles. The predicted octanol–water partition coefficient (Wildman–Crippen LogP) is 2.36. The first-order chi connectivity index (χ1) is 7.61. The molecule has 0 bridgehead atoms. The number of benzene rings is 1. The van der Waals surface area contributed by atoms with Gasteiger partial charge in [-0.2, -0.15) is 0 Å². The molecule has 1 unspecified atom stereocenters. The second-order valence-electron chi connectivity index (χ2n) is 3.84. The first kappa shape index (κ1) is 11.0. The molecule has 0 radical (unpaired) electrons. The second-order valence-corrected chi connectivity index (χ2v) is 3.84. The van der Waals surface area contributed by atoms with Crippen molar-refractivity contribution in [2.24, 2.45) is 0 Å². The lowest BCUT2D eigenvalue weighted by Gasteiger charge is -2.11. The van der Waals surface area contributed by atoms with Crippen LogP contribution in [-0.4, -0.2) is 17.0 Å². The van der Waals surface area contributed by atoms with Crippen LogP contribution in [0.15, 0.2) is 18.2 Å². The average molecular weight is 219 g/mol. The summed E-state index contributed by atoms with van der Waals surface area (Å²) in [6.45, 7) is 3.86. The highest BCUT2D eigenvalue weighted by Gasteiger charge is 2.09. The minimum Gasteiger partial charge on any atom is -0.311 e. The number of aromatic nitrogens is 2. The third kappa shape index (κ3) is 1.88.